The van der Waals surface area contributed by atoms with Crippen molar-refractivity contribution in [2.75, 3.05) is 11.9 Å². The first-order valence-electron chi connectivity index (χ1n) is 8.81. The van der Waals surface area contributed by atoms with Gasteiger partial charge in [-0.2, -0.15) is 0 Å². The summed E-state index contributed by atoms with van der Waals surface area (Å²) in [5.41, 5.74) is 0.623. The van der Waals surface area contributed by atoms with Gasteiger partial charge < -0.3 is 14.8 Å². The molecule has 0 aliphatic heterocycles. The predicted molar refractivity (Wildman–Crippen MR) is 113 cm³/mol. The number of anilines is 1. The molecule has 0 unspecified atom stereocenters. The number of benzene rings is 3. The third kappa shape index (κ3) is 5.91. The van der Waals surface area contributed by atoms with Crippen molar-refractivity contribution >= 4 is 34.8 Å². The monoisotopic (exact) mass is 415 g/mol. The van der Waals surface area contributed by atoms with Crippen molar-refractivity contribution in [3.8, 4) is 17.2 Å². The number of hydrogen-bond acceptors (Lipinski definition) is 3. The van der Waals surface area contributed by atoms with Gasteiger partial charge in [-0.1, -0.05) is 53.5 Å². The van der Waals surface area contributed by atoms with Crippen LogP contribution in [0.5, 0.6) is 17.2 Å². The Kier molecular flexibility index (Phi) is 7.18. The number of carbonyl (C=O) groups is 1. The highest BCUT2D eigenvalue weighted by Gasteiger charge is 2.09. The van der Waals surface area contributed by atoms with Gasteiger partial charge >= 0.3 is 0 Å². The maximum atomic E-state index is 12.3. The topological polar surface area (TPSA) is 47.6 Å². The molecule has 1 amide bonds. The van der Waals surface area contributed by atoms with E-state index >= 15 is 0 Å². The minimum absolute atomic E-state index is 0.116. The number of rotatable bonds is 8. The highest BCUT2D eigenvalue weighted by molar-refractivity contribution is 6.35. The number of carbonyl (C=O) groups excluding carboxylic acids is 1. The highest BCUT2D eigenvalue weighted by Crippen LogP contribution is 2.29. The summed E-state index contributed by atoms with van der Waals surface area (Å²) in [4.78, 5) is 12.3. The van der Waals surface area contributed by atoms with E-state index in [4.69, 9.17) is 32.7 Å². The highest BCUT2D eigenvalue weighted by atomic mass is 35.5. The van der Waals surface area contributed by atoms with E-state index < -0.39 is 0 Å². The van der Waals surface area contributed by atoms with Crippen LogP contribution in [-0.2, 0) is 4.79 Å². The summed E-state index contributed by atoms with van der Waals surface area (Å²) in [7, 11) is 0. The van der Waals surface area contributed by atoms with E-state index in [9.17, 15) is 4.79 Å². The fourth-order valence-corrected chi connectivity index (χ4v) is 2.96. The molecule has 0 atom stereocenters. The average Bonchev–Trinajstić information content (AvgIpc) is 2.69. The fraction of sp³-hybridized carbons (Fsp3) is 0.136. The first kappa shape index (κ1) is 20.1. The lowest BCUT2D eigenvalue weighted by atomic mass is 10.2. The molecule has 0 saturated carbocycles. The number of ether oxygens (including phenoxy) is 2. The van der Waals surface area contributed by atoms with Crippen molar-refractivity contribution in [3.05, 3.63) is 82.8 Å². The first-order chi connectivity index (χ1) is 13.6. The molecule has 0 saturated heterocycles. The van der Waals surface area contributed by atoms with Gasteiger partial charge in [0.05, 0.1) is 17.3 Å². The van der Waals surface area contributed by atoms with Crippen LogP contribution in [0.2, 0.25) is 10.0 Å². The van der Waals surface area contributed by atoms with Gasteiger partial charge in [-0.3, -0.25) is 4.79 Å². The molecular weight excluding hydrogens is 397 g/mol. The fourth-order valence-electron chi connectivity index (χ4n) is 2.49. The van der Waals surface area contributed by atoms with Gasteiger partial charge in [-0.05, 0) is 48.9 Å². The summed E-state index contributed by atoms with van der Waals surface area (Å²) < 4.78 is 11.5. The molecule has 3 aromatic rings. The van der Waals surface area contributed by atoms with Crippen molar-refractivity contribution in [1.82, 2.24) is 0 Å². The van der Waals surface area contributed by atoms with Crippen molar-refractivity contribution in [2.24, 2.45) is 0 Å². The molecule has 0 aliphatic carbocycles. The number of nitrogens with one attached hydrogen (secondary N) is 1. The van der Waals surface area contributed by atoms with Crippen LogP contribution >= 0.6 is 23.2 Å². The van der Waals surface area contributed by atoms with Gasteiger partial charge in [0, 0.05) is 11.4 Å². The molecule has 0 bridgehead atoms. The first-order valence-corrected chi connectivity index (χ1v) is 9.57. The Hall–Kier alpha value is -2.69. The van der Waals surface area contributed by atoms with Gasteiger partial charge in [0.15, 0.2) is 5.75 Å². The molecule has 0 spiro atoms. The molecular formula is C22H19Cl2NO3. The molecule has 0 heterocycles. The molecule has 0 radical (unpaired) electrons. The second-order valence-corrected chi connectivity index (χ2v) is 6.83. The Morgan fingerprint density at radius 3 is 2.43 bits per heavy atom. The van der Waals surface area contributed by atoms with Gasteiger partial charge in [-0.25, -0.2) is 0 Å². The van der Waals surface area contributed by atoms with E-state index in [-0.39, 0.29) is 5.91 Å². The Bertz CT molecular complexity index is 932. The van der Waals surface area contributed by atoms with Crippen molar-refractivity contribution in [2.45, 2.75) is 12.8 Å². The summed E-state index contributed by atoms with van der Waals surface area (Å²) in [6.07, 6.45) is 0.859. The van der Waals surface area contributed by atoms with E-state index in [1.165, 1.54) is 0 Å². The minimum atomic E-state index is -0.116. The van der Waals surface area contributed by atoms with Crippen LogP contribution in [0, 0.1) is 0 Å². The van der Waals surface area contributed by atoms with Gasteiger partial charge in [0.2, 0.25) is 5.91 Å². The summed E-state index contributed by atoms with van der Waals surface area (Å²) in [6.45, 7) is 0.372. The van der Waals surface area contributed by atoms with Crippen LogP contribution in [0.1, 0.15) is 12.8 Å². The molecule has 1 N–H and O–H groups in total. The Morgan fingerprint density at radius 2 is 1.64 bits per heavy atom. The van der Waals surface area contributed by atoms with E-state index in [0.717, 1.165) is 0 Å². The standard InChI is InChI=1S/C22H19Cl2NO3/c23-16-12-13-20(18(24)15-16)27-14-6-11-22(26)25-19-9-4-5-10-21(19)28-17-7-2-1-3-8-17/h1-5,7-10,12-13,15H,6,11,14H2,(H,25,26). The quantitative estimate of drug-likeness (QED) is 0.422. The number of para-hydroxylation sites is 3. The zero-order valence-electron chi connectivity index (χ0n) is 15.0. The molecule has 3 rings (SSSR count). The van der Waals surface area contributed by atoms with Crippen LogP contribution in [-0.4, -0.2) is 12.5 Å². The van der Waals surface area contributed by atoms with Crippen LogP contribution in [0.4, 0.5) is 5.69 Å². The summed E-state index contributed by atoms with van der Waals surface area (Å²) in [5, 5.41) is 3.88. The SMILES string of the molecule is O=C(CCCOc1ccc(Cl)cc1Cl)Nc1ccccc1Oc1ccccc1. The van der Waals surface area contributed by atoms with Crippen LogP contribution < -0.4 is 14.8 Å². The van der Waals surface area contributed by atoms with E-state index in [1.807, 2.05) is 48.5 Å². The molecule has 28 heavy (non-hydrogen) atoms. The zero-order chi connectivity index (χ0) is 19.8. The van der Waals surface area contributed by atoms with Gasteiger partial charge in [0.1, 0.15) is 11.5 Å². The molecule has 6 heteroatoms. The van der Waals surface area contributed by atoms with E-state index in [2.05, 4.69) is 5.32 Å². The molecule has 4 nitrogen and oxygen atoms in total. The normalized spacial score (nSPS) is 10.4. The van der Waals surface area contributed by atoms with Crippen molar-refractivity contribution in [1.29, 1.82) is 0 Å². The Labute approximate surface area is 174 Å². The van der Waals surface area contributed by atoms with Crippen molar-refractivity contribution in [3.63, 3.8) is 0 Å². The minimum Gasteiger partial charge on any atom is -0.492 e. The van der Waals surface area contributed by atoms with E-state index in [0.29, 0.717) is 52.4 Å². The van der Waals surface area contributed by atoms with Crippen LogP contribution in [0.25, 0.3) is 0 Å². The lowest BCUT2D eigenvalue weighted by molar-refractivity contribution is -0.116. The largest absolute Gasteiger partial charge is 0.492 e. The molecule has 0 aromatic heterocycles. The lowest BCUT2D eigenvalue weighted by Crippen LogP contribution is -2.13. The predicted octanol–water partition coefficient (Wildman–Crippen LogP) is 6.58. The summed E-state index contributed by atoms with van der Waals surface area (Å²) in [6, 6.07) is 21.8. The zero-order valence-corrected chi connectivity index (χ0v) is 16.5. The number of hydrogen-bond donors (Lipinski definition) is 1. The maximum absolute atomic E-state index is 12.3. The smallest absolute Gasteiger partial charge is 0.224 e. The van der Waals surface area contributed by atoms with E-state index in [1.54, 1.807) is 24.3 Å². The third-order valence-corrected chi connectivity index (χ3v) is 4.36. The third-order valence-electron chi connectivity index (χ3n) is 3.83. The Balaban J connectivity index is 1.50. The maximum Gasteiger partial charge on any atom is 0.224 e. The number of halogens is 2. The summed E-state index contributed by atoms with van der Waals surface area (Å²) >= 11 is 11.9. The lowest BCUT2D eigenvalue weighted by Gasteiger charge is -2.12. The number of amides is 1. The van der Waals surface area contributed by atoms with Crippen LogP contribution in [0.3, 0.4) is 0 Å². The second kappa shape index (κ2) is 10.0. The summed E-state index contributed by atoms with van der Waals surface area (Å²) in [5.74, 6) is 1.73. The second-order valence-electron chi connectivity index (χ2n) is 5.99. The Morgan fingerprint density at radius 1 is 0.893 bits per heavy atom. The molecule has 144 valence electrons. The molecule has 0 aliphatic rings. The van der Waals surface area contributed by atoms with Crippen molar-refractivity contribution < 1.29 is 14.3 Å². The van der Waals surface area contributed by atoms with Gasteiger partial charge in [0.25, 0.3) is 0 Å². The van der Waals surface area contributed by atoms with Gasteiger partial charge in [-0.15, -0.1) is 0 Å². The molecule has 0 fully saturated rings. The molecule has 3 aromatic carbocycles. The average molecular weight is 416 g/mol. The van der Waals surface area contributed by atoms with Crippen LogP contribution in [0.15, 0.2) is 72.8 Å².